The van der Waals surface area contributed by atoms with Crippen molar-refractivity contribution in [3.05, 3.63) is 34.6 Å². The summed E-state index contributed by atoms with van der Waals surface area (Å²) in [4.78, 5) is 14.0. The van der Waals surface area contributed by atoms with E-state index in [1.54, 1.807) is 11.5 Å². The topological polar surface area (TPSA) is 52.6 Å². The predicted molar refractivity (Wildman–Crippen MR) is 81.2 cm³/mol. The van der Waals surface area contributed by atoms with E-state index in [0.29, 0.717) is 19.0 Å². The Bertz CT molecular complexity index is 572. The number of benzene rings is 1. The summed E-state index contributed by atoms with van der Waals surface area (Å²) in [6.45, 7) is 3.90. The van der Waals surface area contributed by atoms with E-state index in [2.05, 4.69) is 11.8 Å². The average Bonchev–Trinajstić information content (AvgIpc) is 2.49. The van der Waals surface area contributed by atoms with E-state index in [-0.39, 0.29) is 11.4 Å². The van der Waals surface area contributed by atoms with E-state index in [1.807, 2.05) is 0 Å². The number of halogens is 1. The summed E-state index contributed by atoms with van der Waals surface area (Å²) in [5.74, 6) is -0.230. The summed E-state index contributed by atoms with van der Waals surface area (Å²) < 4.78 is 14.3. The van der Waals surface area contributed by atoms with E-state index < -0.39 is 5.91 Å². The zero-order chi connectivity index (χ0) is 15.7. The number of rotatable bonds is 4. The van der Waals surface area contributed by atoms with E-state index in [0.717, 1.165) is 30.0 Å². The van der Waals surface area contributed by atoms with Gasteiger partial charge in [0, 0.05) is 24.7 Å². The maximum Gasteiger partial charge on any atom is 0.274 e. The zero-order valence-electron chi connectivity index (χ0n) is 12.9. The quantitative estimate of drug-likeness (QED) is 0.664. The van der Waals surface area contributed by atoms with Crippen molar-refractivity contribution in [2.24, 2.45) is 5.92 Å². The van der Waals surface area contributed by atoms with Crippen LogP contribution in [0.1, 0.15) is 54.1 Å². The second-order valence-electron chi connectivity index (χ2n) is 6.53. The van der Waals surface area contributed by atoms with Crippen molar-refractivity contribution in [3.63, 3.8) is 0 Å². The van der Waals surface area contributed by atoms with Crippen LogP contribution in [-0.2, 0) is 13.0 Å². The van der Waals surface area contributed by atoms with Crippen LogP contribution in [0.2, 0.25) is 0 Å². The summed E-state index contributed by atoms with van der Waals surface area (Å²) in [6, 6.07) is 3.31. The molecule has 0 unspecified atom stereocenters. The average molecular weight is 306 g/mol. The first kappa shape index (κ1) is 15.4. The number of nitrogens with one attached hydrogen (secondary N) is 1. The summed E-state index contributed by atoms with van der Waals surface area (Å²) in [5, 5.41) is 8.74. The highest BCUT2D eigenvalue weighted by Crippen LogP contribution is 2.33. The molecule has 0 bridgehead atoms. The van der Waals surface area contributed by atoms with Gasteiger partial charge in [0.25, 0.3) is 5.91 Å². The fourth-order valence-corrected chi connectivity index (χ4v) is 3.59. The minimum absolute atomic E-state index is 0.178. The van der Waals surface area contributed by atoms with Crippen LogP contribution >= 0.6 is 0 Å². The number of fused-ring (bicyclic) bond motifs is 1. The van der Waals surface area contributed by atoms with Crippen LogP contribution in [0, 0.1) is 11.7 Å². The van der Waals surface area contributed by atoms with E-state index in [9.17, 15) is 9.18 Å². The van der Waals surface area contributed by atoms with Crippen LogP contribution in [0.4, 0.5) is 4.39 Å². The highest BCUT2D eigenvalue weighted by atomic mass is 19.1. The maximum absolute atomic E-state index is 14.3. The summed E-state index contributed by atoms with van der Waals surface area (Å²) in [7, 11) is 0. The Labute approximate surface area is 130 Å². The molecule has 1 fully saturated rings. The molecule has 5 heteroatoms. The molecule has 0 saturated heterocycles. The van der Waals surface area contributed by atoms with Crippen LogP contribution in [0.15, 0.2) is 12.1 Å². The van der Waals surface area contributed by atoms with Gasteiger partial charge in [-0.1, -0.05) is 13.3 Å². The molecule has 0 spiro atoms. The molecular formula is C17H23FN2O2. The number of hydrogen-bond acceptors (Lipinski definition) is 3. The molecule has 2 N–H and O–H groups in total. The molecule has 2 aliphatic rings. The summed E-state index contributed by atoms with van der Waals surface area (Å²) in [5.41, 5.74) is 3.36. The van der Waals surface area contributed by atoms with Gasteiger partial charge in [0.1, 0.15) is 5.82 Å². The lowest BCUT2D eigenvalue weighted by Gasteiger charge is -2.40. The molecule has 0 radical (unpaired) electrons. The molecule has 1 amide bonds. The third-order valence-electron chi connectivity index (χ3n) is 5.17. The maximum atomic E-state index is 14.3. The third kappa shape index (κ3) is 2.88. The Kier molecular flexibility index (Phi) is 4.45. The zero-order valence-corrected chi connectivity index (χ0v) is 12.9. The molecule has 22 heavy (non-hydrogen) atoms. The van der Waals surface area contributed by atoms with E-state index >= 15 is 0 Å². The lowest BCUT2D eigenvalue weighted by atomic mass is 9.83. The van der Waals surface area contributed by atoms with Crippen LogP contribution in [0.5, 0.6) is 0 Å². The standard InChI is InChI=1S/C17H23FN2O2/c1-2-14-8-15-13(10-20(14)9-11-4-3-5-11)6-12(7-16(15)18)17(21)19-22/h6-7,11,14,22H,2-5,8-10H2,1H3,(H,19,21)/t14-/m0/s1. The van der Waals surface area contributed by atoms with Crippen molar-refractivity contribution in [2.45, 2.75) is 51.6 Å². The lowest BCUT2D eigenvalue weighted by Crippen LogP contribution is -2.44. The SMILES string of the molecule is CC[C@H]1Cc2c(F)cc(C(=O)NO)cc2CN1CC1CCC1. The van der Waals surface area contributed by atoms with Crippen molar-refractivity contribution in [1.29, 1.82) is 0 Å². The molecule has 3 rings (SSSR count). The van der Waals surface area contributed by atoms with Crippen molar-refractivity contribution < 1.29 is 14.4 Å². The largest absolute Gasteiger partial charge is 0.296 e. The van der Waals surface area contributed by atoms with Crippen molar-refractivity contribution in [3.8, 4) is 0 Å². The van der Waals surface area contributed by atoms with E-state index in [4.69, 9.17) is 5.21 Å². The van der Waals surface area contributed by atoms with Gasteiger partial charge in [0.15, 0.2) is 0 Å². The van der Waals surface area contributed by atoms with Crippen LogP contribution in [-0.4, -0.2) is 28.6 Å². The number of carbonyl (C=O) groups is 1. The molecule has 1 aliphatic carbocycles. The fraction of sp³-hybridized carbons (Fsp3) is 0.588. The summed E-state index contributed by atoms with van der Waals surface area (Å²) in [6.07, 6.45) is 5.61. The van der Waals surface area contributed by atoms with Crippen LogP contribution in [0.3, 0.4) is 0 Å². The van der Waals surface area contributed by atoms with E-state index in [1.165, 1.54) is 25.3 Å². The minimum atomic E-state index is -0.662. The van der Waals surface area contributed by atoms with Gasteiger partial charge in [0.2, 0.25) is 0 Å². The highest BCUT2D eigenvalue weighted by Gasteiger charge is 2.30. The van der Waals surface area contributed by atoms with Gasteiger partial charge in [-0.15, -0.1) is 0 Å². The molecule has 1 aliphatic heterocycles. The Morgan fingerprint density at radius 2 is 2.23 bits per heavy atom. The number of nitrogens with zero attached hydrogens (tertiary/aromatic N) is 1. The molecule has 1 heterocycles. The summed E-state index contributed by atoms with van der Waals surface area (Å²) >= 11 is 0. The minimum Gasteiger partial charge on any atom is -0.296 e. The van der Waals surface area contributed by atoms with Gasteiger partial charge < -0.3 is 0 Å². The Balaban J connectivity index is 1.86. The van der Waals surface area contributed by atoms with Gasteiger partial charge in [0.05, 0.1) is 0 Å². The molecule has 1 atom stereocenters. The smallest absolute Gasteiger partial charge is 0.274 e. The molecule has 0 aromatic heterocycles. The number of hydroxylamine groups is 1. The first-order valence-electron chi connectivity index (χ1n) is 8.12. The highest BCUT2D eigenvalue weighted by molar-refractivity contribution is 5.93. The van der Waals surface area contributed by atoms with Gasteiger partial charge in [-0.25, -0.2) is 9.87 Å². The van der Waals surface area contributed by atoms with Crippen molar-refractivity contribution in [1.82, 2.24) is 10.4 Å². The second-order valence-corrected chi connectivity index (χ2v) is 6.53. The molecule has 1 saturated carbocycles. The van der Waals surface area contributed by atoms with Gasteiger partial charge in [-0.05, 0) is 54.9 Å². The van der Waals surface area contributed by atoms with Crippen LogP contribution in [0.25, 0.3) is 0 Å². The molecule has 120 valence electrons. The van der Waals surface area contributed by atoms with Crippen molar-refractivity contribution >= 4 is 5.91 Å². The third-order valence-corrected chi connectivity index (χ3v) is 5.17. The molecule has 1 aromatic rings. The van der Waals surface area contributed by atoms with Crippen LogP contribution < -0.4 is 5.48 Å². The van der Waals surface area contributed by atoms with Crippen molar-refractivity contribution in [2.75, 3.05) is 6.54 Å². The number of hydrogen-bond donors (Lipinski definition) is 2. The normalized spacial score (nSPS) is 22.0. The Morgan fingerprint density at radius 1 is 1.45 bits per heavy atom. The number of carbonyl (C=O) groups excluding carboxylic acids is 1. The Hall–Kier alpha value is -1.46. The molecule has 1 aromatic carbocycles. The fourth-order valence-electron chi connectivity index (χ4n) is 3.59. The lowest BCUT2D eigenvalue weighted by molar-refractivity contribution is 0.0705. The first-order chi connectivity index (χ1) is 10.6. The van der Waals surface area contributed by atoms with Gasteiger partial charge in [-0.3, -0.25) is 14.9 Å². The Morgan fingerprint density at radius 3 is 2.82 bits per heavy atom. The molecular weight excluding hydrogens is 283 g/mol. The predicted octanol–water partition coefficient (Wildman–Crippen LogP) is 2.88. The monoisotopic (exact) mass is 306 g/mol. The first-order valence-corrected chi connectivity index (χ1v) is 8.12. The van der Waals surface area contributed by atoms with Gasteiger partial charge in [-0.2, -0.15) is 0 Å². The van der Waals surface area contributed by atoms with Gasteiger partial charge >= 0.3 is 0 Å². The second kappa shape index (κ2) is 6.34. The molecule has 4 nitrogen and oxygen atoms in total. The number of amides is 1.